The second kappa shape index (κ2) is 8.39. The molecule has 3 nitrogen and oxygen atoms in total. The molecule has 0 amide bonds. The van der Waals surface area contributed by atoms with Gasteiger partial charge in [0.15, 0.2) is 0 Å². The predicted molar refractivity (Wildman–Crippen MR) is 77.5 cm³/mol. The first-order valence-electron chi connectivity index (χ1n) is 6.70. The van der Waals surface area contributed by atoms with E-state index in [2.05, 4.69) is 13.8 Å². The Morgan fingerprint density at radius 3 is 2.33 bits per heavy atom. The van der Waals surface area contributed by atoms with Gasteiger partial charge in [0.25, 0.3) is 0 Å². The Hall–Kier alpha value is 0.200. The lowest BCUT2D eigenvalue weighted by Gasteiger charge is -2.24. The van der Waals surface area contributed by atoms with Crippen LogP contribution in [0.1, 0.15) is 53.4 Å². The van der Waals surface area contributed by atoms with Gasteiger partial charge in [0.1, 0.15) is 0 Å². The van der Waals surface area contributed by atoms with Crippen LogP contribution in [0, 0.1) is 11.3 Å². The first-order chi connectivity index (χ1) is 8.20. The molecular weight excluding hydrogens is 272 g/mol. The topological polar surface area (TPSA) is 43.4 Å². The van der Waals surface area contributed by atoms with Crippen molar-refractivity contribution in [1.29, 1.82) is 0 Å². The van der Waals surface area contributed by atoms with Crippen LogP contribution in [0.3, 0.4) is 0 Å². The average molecular weight is 299 g/mol. The average Bonchev–Trinajstić information content (AvgIpc) is 2.19. The fourth-order valence-electron chi connectivity index (χ4n) is 1.91. The molecule has 5 heteroatoms. The van der Waals surface area contributed by atoms with Gasteiger partial charge in [-0.25, -0.2) is 8.42 Å². The lowest BCUT2D eigenvalue weighted by molar-refractivity contribution is 0.0455. The van der Waals surface area contributed by atoms with Crippen LogP contribution in [0.5, 0.6) is 0 Å². The van der Waals surface area contributed by atoms with Crippen molar-refractivity contribution in [2.24, 2.45) is 11.3 Å². The molecule has 1 unspecified atom stereocenters. The number of hydrogen-bond acceptors (Lipinski definition) is 3. The van der Waals surface area contributed by atoms with E-state index in [1.165, 1.54) is 19.3 Å². The van der Waals surface area contributed by atoms with Gasteiger partial charge in [0.2, 0.25) is 9.05 Å². The van der Waals surface area contributed by atoms with Gasteiger partial charge in [-0.2, -0.15) is 0 Å². The monoisotopic (exact) mass is 298 g/mol. The van der Waals surface area contributed by atoms with Crippen molar-refractivity contribution in [3.8, 4) is 0 Å². The van der Waals surface area contributed by atoms with Gasteiger partial charge in [-0.05, 0) is 12.3 Å². The third kappa shape index (κ3) is 10.2. The second-order valence-electron chi connectivity index (χ2n) is 5.78. The van der Waals surface area contributed by atoms with Gasteiger partial charge in [-0.1, -0.05) is 47.0 Å². The summed E-state index contributed by atoms with van der Waals surface area (Å²) >= 11 is 0. The summed E-state index contributed by atoms with van der Waals surface area (Å²) in [5.41, 5.74) is -0.427. The lowest BCUT2D eigenvalue weighted by atomic mass is 9.97. The van der Waals surface area contributed by atoms with Crippen molar-refractivity contribution in [3.63, 3.8) is 0 Å². The van der Waals surface area contributed by atoms with E-state index >= 15 is 0 Å². The molecule has 0 fully saturated rings. The van der Waals surface area contributed by atoms with Crippen molar-refractivity contribution in [3.05, 3.63) is 0 Å². The van der Waals surface area contributed by atoms with Crippen molar-refractivity contribution in [2.45, 2.75) is 53.4 Å². The molecule has 0 bridgehead atoms. The van der Waals surface area contributed by atoms with Crippen molar-refractivity contribution < 1.29 is 13.2 Å². The van der Waals surface area contributed by atoms with Crippen LogP contribution in [-0.4, -0.2) is 27.4 Å². The highest BCUT2D eigenvalue weighted by atomic mass is 35.7. The molecule has 0 saturated heterocycles. The van der Waals surface area contributed by atoms with Crippen LogP contribution in [0.25, 0.3) is 0 Å². The highest BCUT2D eigenvalue weighted by Crippen LogP contribution is 2.21. The zero-order valence-electron chi connectivity index (χ0n) is 12.0. The maximum absolute atomic E-state index is 11.1. The molecule has 0 aliphatic carbocycles. The molecule has 0 aromatic heterocycles. The van der Waals surface area contributed by atoms with E-state index in [1.807, 2.05) is 13.8 Å². The van der Waals surface area contributed by atoms with Crippen molar-refractivity contribution >= 4 is 19.7 Å². The molecule has 1 atom stereocenters. The maximum atomic E-state index is 11.1. The normalized spacial score (nSPS) is 14.7. The van der Waals surface area contributed by atoms with Crippen LogP contribution in [0.15, 0.2) is 0 Å². The molecule has 18 heavy (non-hydrogen) atoms. The maximum Gasteiger partial charge on any atom is 0.233 e. The summed E-state index contributed by atoms with van der Waals surface area (Å²) in [6.07, 6.45) is 4.71. The molecule has 0 rings (SSSR count). The van der Waals surface area contributed by atoms with Crippen LogP contribution in [-0.2, 0) is 13.8 Å². The molecule has 0 spiro atoms. The Labute approximate surface area is 117 Å². The number of ether oxygens (including phenoxy) is 1. The Balaban J connectivity index is 4.00. The van der Waals surface area contributed by atoms with Crippen molar-refractivity contribution in [1.82, 2.24) is 0 Å². The van der Waals surface area contributed by atoms with E-state index in [4.69, 9.17) is 15.4 Å². The standard InChI is InChI=1S/C13H27ClO3S/c1-5-7-8-12(6-2)9-17-10-13(3,4)11-18(14,15)16/h12H,5-11H2,1-4H3. The van der Waals surface area contributed by atoms with Gasteiger partial charge in [0, 0.05) is 22.7 Å². The lowest BCUT2D eigenvalue weighted by Crippen LogP contribution is -2.28. The minimum absolute atomic E-state index is 0.0483. The van der Waals surface area contributed by atoms with Gasteiger partial charge in [-0.3, -0.25) is 0 Å². The summed E-state index contributed by atoms with van der Waals surface area (Å²) < 4.78 is 27.8. The largest absolute Gasteiger partial charge is 0.381 e. The zero-order valence-corrected chi connectivity index (χ0v) is 13.6. The summed E-state index contributed by atoms with van der Waals surface area (Å²) in [7, 11) is 1.81. The van der Waals surface area contributed by atoms with Crippen LogP contribution < -0.4 is 0 Å². The smallest absolute Gasteiger partial charge is 0.233 e. The minimum Gasteiger partial charge on any atom is -0.381 e. The van der Waals surface area contributed by atoms with Crippen molar-refractivity contribution in [2.75, 3.05) is 19.0 Å². The molecule has 110 valence electrons. The zero-order chi connectivity index (χ0) is 14.2. The fraction of sp³-hybridized carbons (Fsp3) is 1.00. The summed E-state index contributed by atoms with van der Waals surface area (Å²) in [5.74, 6) is 0.529. The molecule has 0 aromatic carbocycles. The molecule has 0 aromatic rings. The van der Waals surface area contributed by atoms with Gasteiger partial charge in [-0.15, -0.1) is 0 Å². The van der Waals surface area contributed by atoms with E-state index in [1.54, 1.807) is 0 Å². The number of rotatable bonds is 10. The van der Waals surface area contributed by atoms with Gasteiger partial charge in [0.05, 0.1) is 12.4 Å². The van der Waals surface area contributed by atoms with Crippen LogP contribution >= 0.6 is 10.7 Å². The van der Waals surface area contributed by atoms with E-state index in [-0.39, 0.29) is 5.75 Å². The Morgan fingerprint density at radius 1 is 1.28 bits per heavy atom. The molecule has 0 radical (unpaired) electrons. The molecule has 0 aliphatic heterocycles. The van der Waals surface area contributed by atoms with E-state index in [0.717, 1.165) is 6.42 Å². The van der Waals surface area contributed by atoms with E-state index < -0.39 is 14.5 Å². The molecule has 0 saturated carbocycles. The summed E-state index contributed by atoms with van der Waals surface area (Å²) in [5, 5.41) is 0. The Morgan fingerprint density at radius 2 is 1.89 bits per heavy atom. The highest BCUT2D eigenvalue weighted by Gasteiger charge is 2.25. The molecular formula is C13H27ClO3S. The SMILES string of the molecule is CCCCC(CC)COCC(C)(C)CS(=O)(=O)Cl. The van der Waals surface area contributed by atoms with Crippen LogP contribution in [0.4, 0.5) is 0 Å². The second-order valence-corrected chi connectivity index (χ2v) is 8.56. The fourth-order valence-corrected chi connectivity index (χ4v) is 3.81. The summed E-state index contributed by atoms with van der Waals surface area (Å²) in [6.45, 7) is 9.21. The third-order valence-corrected chi connectivity index (χ3v) is 4.41. The Kier molecular flexibility index (Phi) is 8.48. The molecule has 0 N–H and O–H groups in total. The van der Waals surface area contributed by atoms with Gasteiger partial charge >= 0.3 is 0 Å². The van der Waals surface area contributed by atoms with E-state index in [0.29, 0.717) is 19.1 Å². The third-order valence-electron chi connectivity index (χ3n) is 2.95. The number of unbranched alkanes of at least 4 members (excludes halogenated alkanes) is 1. The number of halogens is 1. The quantitative estimate of drug-likeness (QED) is 0.576. The molecule has 0 aliphatic rings. The predicted octanol–water partition coefficient (Wildman–Crippen LogP) is 3.81. The first-order valence-corrected chi connectivity index (χ1v) is 9.18. The highest BCUT2D eigenvalue weighted by molar-refractivity contribution is 8.13. The molecule has 0 heterocycles. The first kappa shape index (κ1) is 18.2. The van der Waals surface area contributed by atoms with Crippen LogP contribution in [0.2, 0.25) is 0 Å². The Bertz CT molecular complexity index is 312. The minimum atomic E-state index is -3.46. The van der Waals surface area contributed by atoms with Gasteiger partial charge < -0.3 is 4.74 Å². The summed E-state index contributed by atoms with van der Waals surface area (Å²) in [6, 6.07) is 0. The van der Waals surface area contributed by atoms with E-state index in [9.17, 15) is 8.42 Å². The number of hydrogen-bond donors (Lipinski definition) is 0. The summed E-state index contributed by atoms with van der Waals surface area (Å²) in [4.78, 5) is 0.